The minimum absolute atomic E-state index is 0.00201. The van der Waals surface area contributed by atoms with Crippen LogP contribution in [0, 0.1) is 0 Å². The number of benzene rings is 6. The number of aliphatic hydroxyl groups is 1. The molecule has 6 aromatic rings. The quantitative estimate of drug-likeness (QED) is 0.0338. The zero-order valence-corrected chi connectivity index (χ0v) is 37.3. The minimum Gasteiger partial charge on any atom is -0.469 e. The lowest BCUT2D eigenvalue weighted by atomic mass is 10.0. The predicted molar refractivity (Wildman–Crippen MR) is 246 cm³/mol. The lowest BCUT2D eigenvalue weighted by Gasteiger charge is -2.42. The Balaban J connectivity index is 1.38. The summed E-state index contributed by atoms with van der Waals surface area (Å²) in [4.78, 5) is 69.0. The molecule has 0 amide bonds. The zero-order chi connectivity index (χ0) is 48.4. The van der Waals surface area contributed by atoms with E-state index in [4.69, 9.17) is 42.6 Å². The summed E-state index contributed by atoms with van der Waals surface area (Å²) in [5.41, 5.74) is 1.71. The Morgan fingerprint density at radius 3 is 1.45 bits per heavy atom. The van der Waals surface area contributed by atoms with Crippen LogP contribution >= 0.6 is 0 Å². The lowest BCUT2D eigenvalue weighted by molar-refractivity contribution is -0.281. The zero-order valence-electron chi connectivity index (χ0n) is 37.3. The molecule has 15 heteroatoms. The van der Waals surface area contributed by atoms with Gasteiger partial charge in [0, 0.05) is 0 Å². The van der Waals surface area contributed by atoms with Gasteiger partial charge >= 0.3 is 29.8 Å². The highest BCUT2D eigenvalue weighted by atomic mass is 16.7. The maximum Gasteiger partial charge on any atom is 0.343 e. The largest absolute Gasteiger partial charge is 0.469 e. The molecule has 1 aliphatic rings. The molecule has 0 saturated carbocycles. The number of rotatable bonds is 20. The summed E-state index contributed by atoms with van der Waals surface area (Å²) < 4.78 is 54.6. The van der Waals surface area contributed by atoms with Crippen molar-refractivity contribution in [2.75, 3.05) is 13.7 Å². The summed E-state index contributed by atoms with van der Waals surface area (Å²) in [6.07, 6.45) is -10.8. The number of hydrogen-bond acceptors (Lipinski definition) is 15. The smallest absolute Gasteiger partial charge is 0.343 e. The maximum atomic E-state index is 14.1. The number of carbonyl (C=O) groups is 5. The van der Waals surface area contributed by atoms with Gasteiger partial charge < -0.3 is 47.7 Å². The Morgan fingerprint density at radius 2 is 0.957 bits per heavy atom. The van der Waals surface area contributed by atoms with Gasteiger partial charge in [-0.25, -0.2) is 19.2 Å². The standard InChI is InChI=1S/C54H48O15/c1-61-44(55)32-42(65-49(56)38-24-12-4-13-25-38)46(47(66-50(57)39-26-14-5-15-27-39)53(60)69-52(59)41-30-18-7-19-31-41)68-54-48(67-51(58)40-28-16-6-17-29-40)45(63-34-37-22-10-3-11-23-37)43(35-64-54)62-33-36-20-8-2-9-21-36/h2-31,42-43,45,48,53-54,60H,32-35H2,1H3/b47-46-/t42-,43-,45?,48?,53+,54-/m1/s1. The van der Waals surface area contributed by atoms with Gasteiger partial charge in [0.2, 0.25) is 12.0 Å². The van der Waals surface area contributed by atoms with E-state index in [2.05, 4.69) is 0 Å². The summed E-state index contributed by atoms with van der Waals surface area (Å²) >= 11 is 0. The first-order chi connectivity index (χ1) is 33.7. The molecular weight excluding hydrogens is 889 g/mol. The summed E-state index contributed by atoms with van der Waals surface area (Å²) in [5, 5.41) is 12.0. The van der Waals surface area contributed by atoms with Crippen LogP contribution in [-0.4, -0.2) is 85.7 Å². The third kappa shape index (κ3) is 13.8. The van der Waals surface area contributed by atoms with Gasteiger partial charge in [0.25, 0.3) is 6.29 Å². The van der Waals surface area contributed by atoms with E-state index >= 15 is 0 Å². The van der Waals surface area contributed by atoms with Crippen molar-refractivity contribution in [3.05, 3.63) is 227 Å². The van der Waals surface area contributed by atoms with Crippen molar-refractivity contribution in [2.45, 2.75) is 56.6 Å². The highest BCUT2D eigenvalue weighted by Crippen LogP contribution is 2.33. The maximum absolute atomic E-state index is 14.1. The van der Waals surface area contributed by atoms with Gasteiger partial charge in [0.1, 0.15) is 12.2 Å². The predicted octanol–water partition coefficient (Wildman–Crippen LogP) is 7.79. The second-order valence-electron chi connectivity index (χ2n) is 15.3. The van der Waals surface area contributed by atoms with Crippen LogP contribution in [0.3, 0.4) is 0 Å². The molecule has 0 bridgehead atoms. The fourth-order valence-electron chi connectivity index (χ4n) is 6.99. The van der Waals surface area contributed by atoms with E-state index in [0.29, 0.717) is 0 Å². The van der Waals surface area contributed by atoms with Crippen LogP contribution in [0.2, 0.25) is 0 Å². The van der Waals surface area contributed by atoms with Gasteiger partial charge in [0.15, 0.2) is 18.0 Å². The van der Waals surface area contributed by atoms with E-state index in [0.717, 1.165) is 18.2 Å². The molecule has 2 unspecified atom stereocenters. The summed E-state index contributed by atoms with van der Waals surface area (Å²) in [6.45, 7) is -0.204. The molecule has 0 aromatic heterocycles. The molecule has 354 valence electrons. The van der Waals surface area contributed by atoms with E-state index in [1.54, 1.807) is 72.8 Å². The first-order valence-corrected chi connectivity index (χ1v) is 21.8. The van der Waals surface area contributed by atoms with Gasteiger partial charge in [-0.15, -0.1) is 0 Å². The van der Waals surface area contributed by atoms with Gasteiger partial charge in [-0.3, -0.25) is 4.79 Å². The number of methoxy groups -OCH3 is 1. The van der Waals surface area contributed by atoms with E-state index in [1.165, 1.54) is 48.5 Å². The highest BCUT2D eigenvalue weighted by molar-refractivity contribution is 5.92. The number of aliphatic hydroxyl groups excluding tert-OH is 1. The van der Waals surface area contributed by atoms with E-state index < -0.39 is 84.8 Å². The van der Waals surface area contributed by atoms with Crippen molar-refractivity contribution in [1.29, 1.82) is 0 Å². The molecule has 0 radical (unpaired) electrons. The number of hydrogen-bond donors (Lipinski definition) is 1. The van der Waals surface area contributed by atoms with E-state index in [-0.39, 0.29) is 42.1 Å². The van der Waals surface area contributed by atoms with Crippen LogP contribution in [0.5, 0.6) is 0 Å². The molecule has 1 fully saturated rings. The molecule has 69 heavy (non-hydrogen) atoms. The van der Waals surface area contributed by atoms with Crippen molar-refractivity contribution in [1.82, 2.24) is 0 Å². The van der Waals surface area contributed by atoms with Crippen molar-refractivity contribution < 1.29 is 71.7 Å². The summed E-state index contributed by atoms with van der Waals surface area (Å²) in [6, 6.07) is 49.4. The number of esters is 5. The third-order valence-corrected chi connectivity index (χ3v) is 10.5. The second-order valence-corrected chi connectivity index (χ2v) is 15.3. The molecule has 7 rings (SSSR count). The average Bonchev–Trinajstić information content (AvgIpc) is 3.40. The lowest BCUT2D eigenvalue weighted by Crippen LogP contribution is -2.57. The van der Waals surface area contributed by atoms with E-state index in [9.17, 15) is 29.1 Å². The van der Waals surface area contributed by atoms with Gasteiger partial charge in [0.05, 0.1) is 55.6 Å². The van der Waals surface area contributed by atoms with Crippen molar-refractivity contribution in [2.24, 2.45) is 0 Å². The third-order valence-electron chi connectivity index (χ3n) is 10.5. The van der Waals surface area contributed by atoms with E-state index in [1.807, 2.05) is 60.7 Å². The molecule has 1 N–H and O–H groups in total. The number of ether oxygens (including phenoxy) is 9. The van der Waals surface area contributed by atoms with Crippen LogP contribution in [0.4, 0.5) is 0 Å². The molecule has 0 spiro atoms. The number of carbonyl (C=O) groups excluding carboxylic acids is 5. The Labute approximate surface area is 397 Å². The average molecular weight is 937 g/mol. The SMILES string of the molecule is COC(=O)C[C@@H](OC(=O)c1ccccc1)/C(O[C@H]1OC[C@@H](OCc2ccccc2)C(OCc2ccccc2)C1OC(=O)c1ccccc1)=C(/OC(=O)c1ccccc1)[C@@H](O)OC(=O)c1ccccc1. The summed E-state index contributed by atoms with van der Waals surface area (Å²) in [5.74, 6) is -6.66. The molecule has 6 atom stereocenters. The van der Waals surface area contributed by atoms with Crippen LogP contribution in [-0.2, 0) is 60.6 Å². The monoisotopic (exact) mass is 936 g/mol. The topological polar surface area (TPSA) is 189 Å². The first kappa shape index (κ1) is 49.0. The van der Waals surface area contributed by atoms with Crippen LogP contribution in [0.1, 0.15) is 59.0 Å². The molecular formula is C54H48O15. The van der Waals surface area contributed by atoms with Crippen molar-refractivity contribution in [3.8, 4) is 0 Å². The van der Waals surface area contributed by atoms with Crippen LogP contribution in [0.25, 0.3) is 0 Å². The Bertz CT molecular complexity index is 2630. The molecule has 1 aliphatic heterocycles. The van der Waals surface area contributed by atoms with Crippen LogP contribution in [0.15, 0.2) is 194 Å². The van der Waals surface area contributed by atoms with Crippen molar-refractivity contribution in [3.63, 3.8) is 0 Å². The normalized spacial score (nSPS) is 17.7. The molecule has 1 saturated heterocycles. The van der Waals surface area contributed by atoms with Gasteiger partial charge in [-0.1, -0.05) is 133 Å². The Hall–Kier alpha value is -7.95. The highest BCUT2D eigenvalue weighted by Gasteiger charge is 2.48. The molecule has 6 aromatic carbocycles. The Kier molecular flexibility index (Phi) is 17.5. The van der Waals surface area contributed by atoms with Crippen LogP contribution < -0.4 is 0 Å². The Morgan fingerprint density at radius 1 is 0.522 bits per heavy atom. The van der Waals surface area contributed by atoms with Crippen molar-refractivity contribution >= 4 is 29.8 Å². The van der Waals surface area contributed by atoms with Gasteiger partial charge in [-0.05, 0) is 59.7 Å². The minimum atomic E-state index is -2.50. The first-order valence-electron chi connectivity index (χ1n) is 21.8. The molecule has 15 nitrogen and oxygen atoms in total. The van der Waals surface area contributed by atoms with Gasteiger partial charge in [-0.2, -0.15) is 0 Å². The fourth-order valence-corrected chi connectivity index (χ4v) is 6.99. The fraction of sp³-hybridized carbons (Fsp3) is 0.204. The summed E-state index contributed by atoms with van der Waals surface area (Å²) in [7, 11) is 1.09. The molecule has 1 heterocycles. The second kappa shape index (κ2) is 24.7. The molecule has 0 aliphatic carbocycles.